The summed E-state index contributed by atoms with van der Waals surface area (Å²) in [6, 6.07) is 0. The zero-order valence-electron chi connectivity index (χ0n) is 8.59. The van der Waals surface area contributed by atoms with Gasteiger partial charge in [-0.2, -0.15) is 0 Å². The van der Waals surface area contributed by atoms with Crippen molar-refractivity contribution >= 4 is 5.91 Å². The molecule has 2 fully saturated rings. The van der Waals surface area contributed by atoms with Gasteiger partial charge >= 0.3 is 0 Å². The highest BCUT2D eigenvalue weighted by Crippen LogP contribution is 2.12. The number of hydrogen-bond acceptors (Lipinski definition) is 3. The quantitative estimate of drug-likeness (QED) is 0.636. The summed E-state index contributed by atoms with van der Waals surface area (Å²) in [6.45, 7) is 5.86. The molecule has 0 radical (unpaired) electrons. The summed E-state index contributed by atoms with van der Waals surface area (Å²) < 4.78 is 0. The fourth-order valence-electron chi connectivity index (χ4n) is 2.21. The molecule has 0 aromatic rings. The number of amides is 1. The van der Waals surface area contributed by atoms with Gasteiger partial charge in [-0.05, 0) is 38.4 Å². The Labute approximate surface area is 85.0 Å². The molecule has 2 N–H and O–H groups in total. The first kappa shape index (κ1) is 9.93. The molecule has 1 amide bonds. The Morgan fingerprint density at radius 3 is 3.07 bits per heavy atom. The SMILES string of the molecule is O=C1CN(CCC2CCNC2)CCN1. The molecule has 0 saturated carbocycles. The van der Waals surface area contributed by atoms with Crippen LogP contribution in [0, 0.1) is 5.92 Å². The largest absolute Gasteiger partial charge is 0.354 e. The molecule has 0 aromatic heterocycles. The van der Waals surface area contributed by atoms with Crippen molar-refractivity contribution in [3.63, 3.8) is 0 Å². The average molecular weight is 197 g/mol. The van der Waals surface area contributed by atoms with E-state index in [1.807, 2.05) is 0 Å². The highest BCUT2D eigenvalue weighted by Gasteiger charge is 2.19. The van der Waals surface area contributed by atoms with E-state index >= 15 is 0 Å². The van der Waals surface area contributed by atoms with E-state index in [0.717, 1.165) is 25.6 Å². The second kappa shape index (κ2) is 4.75. The van der Waals surface area contributed by atoms with E-state index in [-0.39, 0.29) is 5.91 Å². The van der Waals surface area contributed by atoms with Crippen molar-refractivity contribution in [2.24, 2.45) is 5.92 Å². The number of carbonyl (C=O) groups is 1. The van der Waals surface area contributed by atoms with Crippen LogP contribution in [0.25, 0.3) is 0 Å². The Hall–Kier alpha value is -0.610. The van der Waals surface area contributed by atoms with Crippen molar-refractivity contribution < 1.29 is 4.79 Å². The second-order valence-corrected chi connectivity index (χ2v) is 4.27. The third-order valence-corrected chi connectivity index (χ3v) is 3.13. The lowest BCUT2D eigenvalue weighted by atomic mass is 10.0. The van der Waals surface area contributed by atoms with Gasteiger partial charge in [-0.15, -0.1) is 0 Å². The molecule has 14 heavy (non-hydrogen) atoms. The molecule has 1 unspecified atom stereocenters. The zero-order valence-corrected chi connectivity index (χ0v) is 8.59. The smallest absolute Gasteiger partial charge is 0.234 e. The van der Waals surface area contributed by atoms with E-state index in [4.69, 9.17) is 0 Å². The summed E-state index contributed by atoms with van der Waals surface area (Å²) in [5.41, 5.74) is 0. The Kier molecular flexibility index (Phi) is 3.37. The lowest BCUT2D eigenvalue weighted by molar-refractivity contribution is -0.124. The van der Waals surface area contributed by atoms with E-state index in [2.05, 4.69) is 15.5 Å². The first-order valence-electron chi connectivity index (χ1n) is 5.54. The molecule has 4 nitrogen and oxygen atoms in total. The number of nitrogens with zero attached hydrogens (tertiary/aromatic N) is 1. The first-order chi connectivity index (χ1) is 6.84. The van der Waals surface area contributed by atoms with Crippen LogP contribution in [0.4, 0.5) is 0 Å². The summed E-state index contributed by atoms with van der Waals surface area (Å²) in [4.78, 5) is 13.4. The van der Waals surface area contributed by atoms with E-state index in [9.17, 15) is 4.79 Å². The molecule has 1 atom stereocenters. The molecule has 2 saturated heterocycles. The maximum Gasteiger partial charge on any atom is 0.234 e. The second-order valence-electron chi connectivity index (χ2n) is 4.27. The fourth-order valence-corrected chi connectivity index (χ4v) is 2.21. The molecule has 0 aliphatic carbocycles. The van der Waals surface area contributed by atoms with Crippen molar-refractivity contribution in [2.45, 2.75) is 12.8 Å². The summed E-state index contributed by atoms with van der Waals surface area (Å²) in [7, 11) is 0. The van der Waals surface area contributed by atoms with Crippen molar-refractivity contribution in [3.05, 3.63) is 0 Å². The van der Waals surface area contributed by atoms with Crippen LogP contribution < -0.4 is 10.6 Å². The summed E-state index contributed by atoms with van der Waals surface area (Å²) in [6.07, 6.45) is 2.54. The molecule has 0 spiro atoms. The monoisotopic (exact) mass is 197 g/mol. The van der Waals surface area contributed by atoms with Crippen LogP contribution in [-0.4, -0.2) is 50.1 Å². The van der Waals surface area contributed by atoms with Crippen molar-refractivity contribution in [1.29, 1.82) is 0 Å². The van der Waals surface area contributed by atoms with Gasteiger partial charge in [-0.25, -0.2) is 0 Å². The number of carbonyl (C=O) groups excluding carboxylic acids is 1. The molecule has 0 bridgehead atoms. The molecule has 2 aliphatic rings. The van der Waals surface area contributed by atoms with Crippen LogP contribution in [0.2, 0.25) is 0 Å². The third-order valence-electron chi connectivity index (χ3n) is 3.13. The summed E-state index contributed by atoms with van der Waals surface area (Å²) >= 11 is 0. The topological polar surface area (TPSA) is 44.4 Å². The molecule has 4 heteroatoms. The molecule has 80 valence electrons. The van der Waals surface area contributed by atoms with Crippen molar-refractivity contribution in [1.82, 2.24) is 15.5 Å². The molecular formula is C10H19N3O. The minimum Gasteiger partial charge on any atom is -0.354 e. The standard InChI is InChI=1S/C10H19N3O/c14-10-8-13(6-4-12-10)5-2-9-1-3-11-7-9/h9,11H,1-8H2,(H,12,14). The van der Waals surface area contributed by atoms with E-state index < -0.39 is 0 Å². The number of rotatable bonds is 3. The Bertz CT molecular complexity index is 202. The van der Waals surface area contributed by atoms with Gasteiger partial charge in [-0.1, -0.05) is 0 Å². The summed E-state index contributed by atoms with van der Waals surface area (Å²) in [5.74, 6) is 1.01. The molecule has 2 heterocycles. The van der Waals surface area contributed by atoms with Gasteiger partial charge in [0.05, 0.1) is 6.54 Å². The zero-order chi connectivity index (χ0) is 9.80. The van der Waals surface area contributed by atoms with E-state index in [1.165, 1.54) is 25.9 Å². The highest BCUT2D eigenvalue weighted by molar-refractivity contribution is 5.78. The first-order valence-corrected chi connectivity index (χ1v) is 5.54. The van der Waals surface area contributed by atoms with Crippen LogP contribution in [0.5, 0.6) is 0 Å². The Balaban J connectivity index is 1.66. The highest BCUT2D eigenvalue weighted by atomic mass is 16.2. The summed E-state index contributed by atoms with van der Waals surface area (Å²) in [5, 5.41) is 6.22. The number of piperazine rings is 1. The Morgan fingerprint density at radius 2 is 2.36 bits per heavy atom. The Morgan fingerprint density at radius 1 is 1.43 bits per heavy atom. The predicted octanol–water partition coefficient (Wildman–Crippen LogP) is -0.582. The fraction of sp³-hybridized carbons (Fsp3) is 0.900. The minimum atomic E-state index is 0.181. The van der Waals surface area contributed by atoms with Crippen molar-refractivity contribution in [3.8, 4) is 0 Å². The third kappa shape index (κ3) is 2.69. The number of nitrogens with one attached hydrogen (secondary N) is 2. The maximum absolute atomic E-state index is 11.1. The lowest BCUT2D eigenvalue weighted by Crippen LogP contribution is -2.48. The van der Waals surface area contributed by atoms with Gasteiger partial charge in [0.1, 0.15) is 0 Å². The van der Waals surface area contributed by atoms with Crippen LogP contribution in [0.15, 0.2) is 0 Å². The van der Waals surface area contributed by atoms with Gasteiger partial charge in [-0.3, -0.25) is 9.69 Å². The van der Waals surface area contributed by atoms with Crippen LogP contribution >= 0.6 is 0 Å². The van der Waals surface area contributed by atoms with Crippen LogP contribution in [0.3, 0.4) is 0 Å². The van der Waals surface area contributed by atoms with Gasteiger partial charge in [0.15, 0.2) is 0 Å². The van der Waals surface area contributed by atoms with Gasteiger partial charge in [0.2, 0.25) is 5.91 Å². The molecule has 2 aliphatic heterocycles. The molecule has 0 aromatic carbocycles. The van der Waals surface area contributed by atoms with Gasteiger partial charge in [0.25, 0.3) is 0 Å². The number of hydrogen-bond donors (Lipinski definition) is 2. The van der Waals surface area contributed by atoms with Gasteiger partial charge < -0.3 is 10.6 Å². The lowest BCUT2D eigenvalue weighted by Gasteiger charge is -2.27. The normalized spacial score (nSPS) is 29.1. The van der Waals surface area contributed by atoms with Crippen LogP contribution in [0.1, 0.15) is 12.8 Å². The molecule has 2 rings (SSSR count). The average Bonchev–Trinajstić information content (AvgIpc) is 2.67. The minimum absolute atomic E-state index is 0.181. The van der Waals surface area contributed by atoms with Crippen LogP contribution in [-0.2, 0) is 4.79 Å². The van der Waals surface area contributed by atoms with E-state index in [0.29, 0.717) is 6.54 Å². The maximum atomic E-state index is 11.1. The molecular weight excluding hydrogens is 178 g/mol. The predicted molar refractivity (Wildman–Crippen MR) is 55.0 cm³/mol. The van der Waals surface area contributed by atoms with Crippen molar-refractivity contribution in [2.75, 3.05) is 39.3 Å². The van der Waals surface area contributed by atoms with E-state index in [1.54, 1.807) is 0 Å². The van der Waals surface area contributed by atoms with Gasteiger partial charge in [0, 0.05) is 13.1 Å².